The van der Waals surface area contributed by atoms with Gasteiger partial charge in [0.25, 0.3) is 0 Å². The molecule has 0 aliphatic rings. The maximum absolute atomic E-state index is 13.5. The molecule has 7 heteroatoms. The third kappa shape index (κ3) is 2.87. The number of hydrogen-bond donors (Lipinski definition) is 0. The van der Waals surface area contributed by atoms with Crippen LogP contribution in [0.15, 0.2) is 30.6 Å². The van der Waals surface area contributed by atoms with Crippen LogP contribution < -0.4 is 4.74 Å². The van der Waals surface area contributed by atoms with Crippen molar-refractivity contribution < 1.29 is 22.3 Å². The van der Waals surface area contributed by atoms with E-state index in [-0.39, 0.29) is 17.9 Å². The molecule has 0 amide bonds. The lowest BCUT2D eigenvalue weighted by Gasteiger charge is -2.14. The molecule has 0 saturated carbocycles. The van der Waals surface area contributed by atoms with Crippen LogP contribution in [-0.2, 0) is 6.18 Å². The normalized spacial score (nSPS) is 11.4. The summed E-state index contributed by atoms with van der Waals surface area (Å²) in [5, 5.41) is 7.14. The number of hydrogen-bond acceptors (Lipinski definition) is 3. The van der Waals surface area contributed by atoms with Crippen LogP contribution in [0.2, 0.25) is 0 Å². The van der Waals surface area contributed by atoms with Crippen LogP contribution in [0.25, 0.3) is 11.1 Å². The zero-order chi connectivity index (χ0) is 14.8. The van der Waals surface area contributed by atoms with Crippen molar-refractivity contribution in [1.82, 2.24) is 10.2 Å². The minimum Gasteiger partial charge on any atom is -0.493 e. The van der Waals surface area contributed by atoms with Gasteiger partial charge in [0.1, 0.15) is 11.6 Å². The summed E-state index contributed by atoms with van der Waals surface area (Å²) in [5.41, 5.74) is -0.850. The van der Waals surface area contributed by atoms with Crippen molar-refractivity contribution in [3.05, 3.63) is 42.0 Å². The Bertz CT molecular complexity index is 599. The van der Waals surface area contributed by atoms with Crippen LogP contribution in [0.3, 0.4) is 0 Å². The van der Waals surface area contributed by atoms with E-state index in [1.54, 1.807) is 6.92 Å². The molecule has 3 nitrogen and oxygen atoms in total. The minimum absolute atomic E-state index is 0.0333. The third-order valence-electron chi connectivity index (χ3n) is 2.57. The van der Waals surface area contributed by atoms with Crippen molar-refractivity contribution >= 4 is 0 Å². The van der Waals surface area contributed by atoms with Crippen LogP contribution in [0.5, 0.6) is 5.75 Å². The van der Waals surface area contributed by atoms with E-state index in [4.69, 9.17) is 4.74 Å². The number of alkyl halides is 3. The first kappa shape index (κ1) is 14.2. The Morgan fingerprint density at radius 2 is 1.95 bits per heavy atom. The van der Waals surface area contributed by atoms with Crippen LogP contribution in [-0.4, -0.2) is 16.8 Å². The van der Waals surface area contributed by atoms with Gasteiger partial charge in [-0.1, -0.05) is 0 Å². The van der Waals surface area contributed by atoms with Crippen molar-refractivity contribution in [2.75, 3.05) is 6.61 Å². The minimum atomic E-state index is -4.77. The SMILES string of the molecule is CCOc1cc(F)c(C(F)(F)F)cc1-c1ccnnc1. The van der Waals surface area contributed by atoms with Gasteiger partial charge in [-0.05, 0) is 19.1 Å². The summed E-state index contributed by atoms with van der Waals surface area (Å²) in [6.45, 7) is 1.86. The molecule has 20 heavy (non-hydrogen) atoms. The first-order valence-corrected chi connectivity index (χ1v) is 5.74. The van der Waals surface area contributed by atoms with E-state index in [1.807, 2.05) is 0 Å². The summed E-state index contributed by atoms with van der Waals surface area (Å²) in [6.07, 6.45) is -2.15. The maximum atomic E-state index is 13.5. The van der Waals surface area contributed by atoms with Gasteiger partial charge in [0.15, 0.2) is 0 Å². The highest BCUT2D eigenvalue weighted by Crippen LogP contribution is 2.38. The van der Waals surface area contributed by atoms with Gasteiger partial charge in [-0.25, -0.2) is 4.39 Å². The number of ether oxygens (including phenoxy) is 1. The smallest absolute Gasteiger partial charge is 0.419 e. The summed E-state index contributed by atoms with van der Waals surface area (Å²) >= 11 is 0. The highest BCUT2D eigenvalue weighted by molar-refractivity contribution is 5.70. The van der Waals surface area contributed by atoms with Crippen molar-refractivity contribution in [1.29, 1.82) is 0 Å². The summed E-state index contributed by atoms with van der Waals surface area (Å²) in [6, 6.07) is 2.93. The Labute approximate surface area is 112 Å². The van der Waals surface area contributed by atoms with Crippen molar-refractivity contribution in [3.63, 3.8) is 0 Å². The first-order valence-electron chi connectivity index (χ1n) is 5.74. The molecule has 0 atom stereocenters. The second-order valence-corrected chi connectivity index (χ2v) is 3.89. The van der Waals surface area contributed by atoms with Gasteiger partial charge < -0.3 is 4.74 Å². The molecule has 1 aromatic heterocycles. The van der Waals surface area contributed by atoms with Crippen LogP contribution in [0.1, 0.15) is 12.5 Å². The molecule has 0 unspecified atom stereocenters. The number of halogens is 4. The van der Waals surface area contributed by atoms with E-state index in [2.05, 4.69) is 10.2 Å². The molecule has 106 valence electrons. The lowest BCUT2D eigenvalue weighted by molar-refractivity contribution is -0.139. The van der Waals surface area contributed by atoms with Gasteiger partial charge in [0.05, 0.1) is 24.6 Å². The van der Waals surface area contributed by atoms with Crippen LogP contribution in [0.4, 0.5) is 17.6 Å². The molecule has 0 bridgehead atoms. The van der Waals surface area contributed by atoms with E-state index in [1.165, 1.54) is 18.5 Å². The maximum Gasteiger partial charge on any atom is 0.419 e. The summed E-state index contributed by atoms with van der Waals surface area (Å²) in [4.78, 5) is 0. The van der Waals surface area contributed by atoms with Crippen molar-refractivity contribution in [2.24, 2.45) is 0 Å². The number of nitrogens with zero attached hydrogens (tertiary/aromatic N) is 2. The Kier molecular flexibility index (Phi) is 3.87. The van der Waals surface area contributed by atoms with Gasteiger partial charge in [-0.2, -0.15) is 23.4 Å². The summed E-state index contributed by atoms with van der Waals surface area (Å²) < 4.78 is 57.0. The lowest BCUT2D eigenvalue weighted by Crippen LogP contribution is -2.09. The zero-order valence-corrected chi connectivity index (χ0v) is 10.4. The average molecular weight is 286 g/mol. The standard InChI is InChI=1S/C13H10F4N2O/c1-2-20-12-6-11(14)10(13(15,16)17)5-9(12)8-3-4-18-19-7-8/h3-7H,2H2,1H3. The lowest BCUT2D eigenvalue weighted by atomic mass is 10.0. The molecule has 2 rings (SSSR count). The van der Waals surface area contributed by atoms with Gasteiger partial charge >= 0.3 is 6.18 Å². The van der Waals surface area contributed by atoms with E-state index in [0.29, 0.717) is 5.56 Å². The molecule has 0 fully saturated rings. The molecular weight excluding hydrogens is 276 g/mol. The Hall–Kier alpha value is -2.18. The molecule has 0 aliphatic heterocycles. The van der Waals surface area contributed by atoms with E-state index in [9.17, 15) is 17.6 Å². The number of rotatable bonds is 3. The molecule has 0 aliphatic carbocycles. The fourth-order valence-corrected chi connectivity index (χ4v) is 1.72. The second kappa shape index (κ2) is 5.44. The van der Waals surface area contributed by atoms with Crippen LogP contribution >= 0.6 is 0 Å². The van der Waals surface area contributed by atoms with Gasteiger partial charge in [0.2, 0.25) is 0 Å². The molecule has 1 heterocycles. The average Bonchev–Trinajstić information content (AvgIpc) is 2.39. The fraction of sp³-hybridized carbons (Fsp3) is 0.231. The van der Waals surface area contributed by atoms with Gasteiger partial charge in [-0.3, -0.25) is 0 Å². The molecule has 1 aromatic carbocycles. The molecule has 0 saturated heterocycles. The van der Waals surface area contributed by atoms with Crippen molar-refractivity contribution in [2.45, 2.75) is 13.1 Å². The molecule has 0 N–H and O–H groups in total. The number of aromatic nitrogens is 2. The monoisotopic (exact) mass is 286 g/mol. The van der Waals surface area contributed by atoms with E-state index in [0.717, 1.165) is 12.1 Å². The Balaban J connectivity index is 2.63. The topological polar surface area (TPSA) is 35.0 Å². The fourth-order valence-electron chi connectivity index (χ4n) is 1.72. The number of benzene rings is 1. The zero-order valence-electron chi connectivity index (χ0n) is 10.4. The van der Waals surface area contributed by atoms with Crippen LogP contribution in [0, 0.1) is 5.82 Å². The summed E-state index contributed by atoms with van der Waals surface area (Å²) in [5.74, 6) is -1.34. The molecule has 2 aromatic rings. The van der Waals surface area contributed by atoms with Gasteiger partial charge in [0, 0.05) is 17.2 Å². The third-order valence-corrected chi connectivity index (χ3v) is 2.57. The predicted octanol–water partition coefficient (Wildman–Crippen LogP) is 3.70. The molecule has 0 radical (unpaired) electrons. The Morgan fingerprint density at radius 3 is 2.50 bits per heavy atom. The first-order chi connectivity index (χ1) is 9.43. The van der Waals surface area contributed by atoms with E-state index < -0.39 is 17.6 Å². The highest BCUT2D eigenvalue weighted by Gasteiger charge is 2.35. The largest absolute Gasteiger partial charge is 0.493 e. The molecule has 0 spiro atoms. The highest BCUT2D eigenvalue weighted by atomic mass is 19.4. The van der Waals surface area contributed by atoms with Gasteiger partial charge in [-0.15, -0.1) is 0 Å². The second-order valence-electron chi connectivity index (χ2n) is 3.89. The quantitative estimate of drug-likeness (QED) is 0.807. The predicted molar refractivity (Wildman–Crippen MR) is 63.6 cm³/mol. The van der Waals surface area contributed by atoms with E-state index >= 15 is 0 Å². The van der Waals surface area contributed by atoms with Crippen molar-refractivity contribution in [3.8, 4) is 16.9 Å². The Morgan fingerprint density at radius 1 is 1.20 bits per heavy atom. The molecular formula is C13H10F4N2O. The summed E-state index contributed by atoms with van der Waals surface area (Å²) in [7, 11) is 0.